The van der Waals surface area contributed by atoms with Crippen molar-refractivity contribution >= 4 is 11.8 Å². The lowest BCUT2D eigenvalue weighted by Crippen LogP contribution is -2.47. The van der Waals surface area contributed by atoms with Crippen LogP contribution in [0.2, 0.25) is 0 Å². The van der Waals surface area contributed by atoms with E-state index in [1.807, 2.05) is 13.0 Å². The van der Waals surface area contributed by atoms with Crippen molar-refractivity contribution < 1.29 is 32.3 Å². The molecule has 12 heteroatoms. The van der Waals surface area contributed by atoms with Crippen LogP contribution in [0.3, 0.4) is 0 Å². The molecule has 1 saturated heterocycles. The number of likely N-dealkylation sites (tertiary alicyclic amines) is 1. The van der Waals surface area contributed by atoms with Crippen LogP contribution in [0.4, 0.5) is 13.2 Å². The number of aryl methyl sites for hydroxylation is 2. The lowest BCUT2D eigenvalue weighted by molar-refractivity contribution is -0.137. The molecule has 3 N–H and O–H groups in total. The maximum atomic E-state index is 13.6. The van der Waals surface area contributed by atoms with E-state index in [-0.39, 0.29) is 29.8 Å². The Kier molecular flexibility index (Phi) is 9.88. The van der Waals surface area contributed by atoms with E-state index < -0.39 is 35.8 Å². The second-order valence-corrected chi connectivity index (χ2v) is 11.6. The minimum absolute atomic E-state index is 0.0425. The van der Waals surface area contributed by atoms with Crippen molar-refractivity contribution in [3.63, 3.8) is 0 Å². The number of amides is 2. The van der Waals surface area contributed by atoms with Gasteiger partial charge in [0.2, 0.25) is 5.89 Å². The van der Waals surface area contributed by atoms with Gasteiger partial charge in [-0.2, -0.15) is 13.2 Å². The van der Waals surface area contributed by atoms with Gasteiger partial charge in [0.1, 0.15) is 18.0 Å². The SMILES string of the molecule is Cc1cc(C(=O)NC(C)C(O)C(NCc2cccc(C(F)(F)F)c2)c2ccccc2)cc(C(=O)N2CCCC2c2nc(C)co2)n1. The summed E-state index contributed by atoms with van der Waals surface area (Å²) in [6.45, 7) is 5.68. The van der Waals surface area contributed by atoms with Gasteiger partial charge in [-0.25, -0.2) is 9.97 Å². The molecule has 5 rings (SSSR count). The second-order valence-electron chi connectivity index (χ2n) is 11.6. The molecule has 242 valence electrons. The van der Waals surface area contributed by atoms with E-state index in [0.717, 1.165) is 24.2 Å². The summed E-state index contributed by atoms with van der Waals surface area (Å²) in [6.07, 6.45) is -2.63. The van der Waals surface area contributed by atoms with Gasteiger partial charge in [-0.15, -0.1) is 0 Å². The van der Waals surface area contributed by atoms with E-state index in [1.165, 1.54) is 12.1 Å². The molecule has 0 radical (unpaired) electrons. The third-order valence-corrected chi connectivity index (χ3v) is 8.02. The fraction of sp³-hybridized carbons (Fsp3) is 0.353. The smallest absolute Gasteiger partial charge is 0.416 e. The van der Waals surface area contributed by atoms with Gasteiger partial charge in [-0.05, 0) is 62.9 Å². The first-order valence-corrected chi connectivity index (χ1v) is 15.1. The number of hydrogen-bond donors (Lipinski definition) is 3. The lowest BCUT2D eigenvalue weighted by atomic mass is 9.96. The van der Waals surface area contributed by atoms with Crippen molar-refractivity contribution in [1.29, 1.82) is 0 Å². The molecule has 0 aliphatic carbocycles. The number of aromatic nitrogens is 2. The number of carbonyl (C=O) groups excluding carboxylic acids is 2. The fourth-order valence-corrected chi connectivity index (χ4v) is 5.69. The van der Waals surface area contributed by atoms with Crippen LogP contribution < -0.4 is 10.6 Å². The molecule has 9 nitrogen and oxygen atoms in total. The first-order valence-electron chi connectivity index (χ1n) is 15.1. The third kappa shape index (κ3) is 7.63. The fourth-order valence-electron chi connectivity index (χ4n) is 5.69. The monoisotopic (exact) mass is 635 g/mol. The lowest BCUT2D eigenvalue weighted by Gasteiger charge is -2.30. The molecule has 0 saturated carbocycles. The Morgan fingerprint density at radius 1 is 1.04 bits per heavy atom. The summed E-state index contributed by atoms with van der Waals surface area (Å²) in [5.41, 5.74) is 1.82. The zero-order valence-electron chi connectivity index (χ0n) is 25.7. The van der Waals surface area contributed by atoms with Crippen LogP contribution in [0.5, 0.6) is 0 Å². The first-order chi connectivity index (χ1) is 21.9. The maximum absolute atomic E-state index is 13.6. The summed E-state index contributed by atoms with van der Waals surface area (Å²) in [4.78, 5) is 37.4. The van der Waals surface area contributed by atoms with Gasteiger partial charge in [0.15, 0.2) is 0 Å². The number of aliphatic hydroxyl groups excluding tert-OH is 1. The first kappa shape index (κ1) is 32.8. The Bertz CT molecular complexity index is 1680. The van der Waals surface area contributed by atoms with Crippen molar-refractivity contribution in [3.8, 4) is 0 Å². The molecular weight excluding hydrogens is 599 g/mol. The summed E-state index contributed by atoms with van der Waals surface area (Å²) in [7, 11) is 0. The van der Waals surface area contributed by atoms with Gasteiger partial charge in [0.25, 0.3) is 11.8 Å². The molecule has 2 aromatic carbocycles. The number of alkyl halides is 3. The van der Waals surface area contributed by atoms with Gasteiger partial charge >= 0.3 is 6.18 Å². The standard InChI is InChI=1S/C34H36F3N5O4/c1-20-15-25(17-27(39-20)33(45)42-14-8-13-28(42)32-40-21(2)19-46-32)31(44)41-22(3)30(43)29(24-10-5-4-6-11-24)38-18-23-9-7-12-26(16-23)34(35,36)37/h4-7,9-12,15-17,19,22,28-30,38,43H,8,13-14,18H2,1-3H3,(H,41,44). The van der Waals surface area contributed by atoms with Crippen LogP contribution in [0.15, 0.2) is 77.4 Å². The van der Waals surface area contributed by atoms with E-state index in [9.17, 15) is 27.9 Å². The molecule has 2 amide bonds. The Hall–Kier alpha value is -4.55. The van der Waals surface area contributed by atoms with Crippen LogP contribution in [0.1, 0.15) is 86.7 Å². The van der Waals surface area contributed by atoms with Crippen molar-refractivity contribution in [1.82, 2.24) is 25.5 Å². The summed E-state index contributed by atoms with van der Waals surface area (Å²) in [5, 5.41) is 17.4. The number of nitrogens with zero attached hydrogens (tertiary/aromatic N) is 3. The molecule has 2 aromatic heterocycles. The van der Waals surface area contributed by atoms with Crippen LogP contribution in [-0.2, 0) is 12.7 Å². The van der Waals surface area contributed by atoms with Gasteiger partial charge < -0.3 is 25.1 Å². The highest BCUT2D eigenvalue weighted by molar-refractivity contribution is 5.99. The highest BCUT2D eigenvalue weighted by Crippen LogP contribution is 2.33. The molecule has 3 heterocycles. The predicted molar refractivity (Wildman–Crippen MR) is 164 cm³/mol. The van der Waals surface area contributed by atoms with Crippen molar-refractivity contribution in [3.05, 3.63) is 118 Å². The molecule has 4 aromatic rings. The Morgan fingerprint density at radius 3 is 2.50 bits per heavy atom. The van der Waals surface area contributed by atoms with Crippen molar-refractivity contribution in [2.75, 3.05) is 6.54 Å². The number of nitrogens with one attached hydrogen (secondary N) is 2. The molecule has 0 spiro atoms. The van der Waals surface area contributed by atoms with E-state index in [4.69, 9.17) is 4.42 Å². The summed E-state index contributed by atoms with van der Waals surface area (Å²) >= 11 is 0. The quantitative estimate of drug-likeness (QED) is 0.205. The van der Waals surface area contributed by atoms with Crippen LogP contribution in [0, 0.1) is 13.8 Å². The summed E-state index contributed by atoms with van der Waals surface area (Å²) in [6, 6.07) is 15.1. The number of pyridine rings is 1. The Morgan fingerprint density at radius 2 is 1.80 bits per heavy atom. The molecule has 1 fully saturated rings. The molecule has 46 heavy (non-hydrogen) atoms. The van der Waals surface area contributed by atoms with Crippen molar-refractivity contribution in [2.24, 2.45) is 0 Å². The topological polar surface area (TPSA) is 121 Å². The van der Waals surface area contributed by atoms with Crippen LogP contribution in [0.25, 0.3) is 0 Å². The highest BCUT2D eigenvalue weighted by atomic mass is 19.4. The number of aliphatic hydroxyl groups is 1. The number of rotatable bonds is 10. The average Bonchev–Trinajstić information content (AvgIpc) is 3.69. The number of oxazole rings is 1. The number of benzene rings is 2. The summed E-state index contributed by atoms with van der Waals surface area (Å²) in [5.74, 6) is -0.393. The second kappa shape index (κ2) is 13.8. The predicted octanol–water partition coefficient (Wildman–Crippen LogP) is 5.69. The number of hydrogen-bond acceptors (Lipinski definition) is 7. The van der Waals surface area contributed by atoms with Gasteiger partial charge in [-0.3, -0.25) is 9.59 Å². The molecule has 4 unspecified atom stereocenters. The highest BCUT2D eigenvalue weighted by Gasteiger charge is 2.35. The average molecular weight is 636 g/mol. The summed E-state index contributed by atoms with van der Waals surface area (Å²) < 4.78 is 45.3. The molecule has 0 bridgehead atoms. The van der Waals surface area contributed by atoms with Crippen molar-refractivity contribution in [2.45, 2.75) is 70.6 Å². The normalized spacial score (nSPS) is 17.0. The molecule has 4 atom stereocenters. The van der Waals surface area contributed by atoms with Gasteiger partial charge in [-0.1, -0.05) is 48.5 Å². The van der Waals surface area contributed by atoms with E-state index in [2.05, 4.69) is 20.6 Å². The molecule has 1 aliphatic heterocycles. The Labute approximate surface area is 264 Å². The minimum Gasteiger partial charge on any atom is -0.446 e. The minimum atomic E-state index is -4.48. The van der Waals surface area contributed by atoms with Gasteiger partial charge in [0.05, 0.1) is 29.4 Å². The molecular formula is C34H36F3N5O4. The third-order valence-electron chi connectivity index (χ3n) is 8.02. The van der Waals surface area contributed by atoms with Gasteiger partial charge in [0, 0.05) is 24.3 Å². The number of carbonyl (C=O) groups is 2. The largest absolute Gasteiger partial charge is 0.446 e. The van der Waals surface area contributed by atoms with E-state index in [0.29, 0.717) is 35.7 Å². The van der Waals surface area contributed by atoms with Crippen LogP contribution in [-0.4, -0.2) is 50.5 Å². The number of halogens is 3. The zero-order valence-corrected chi connectivity index (χ0v) is 25.7. The maximum Gasteiger partial charge on any atom is 0.416 e. The Balaban J connectivity index is 1.30. The zero-order chi connectivity index (χ0) is 33.0. The van der Waals surface area contributed by atoms with Crippen LogP contribution >= 0.6 is 0 Å². The van der Waals surface area contributed by atoms with E-state index in [1.54, 1.807) is 61.4 Å². The molecule has 1 aliphatic rings. The van der Waals surface area contributed by atoms with E-state index >= 15 is 0 Å².